The van der Waals surface area contributed by atoms with Crippen LogP contribution in [0.1, 0.15) is 32.3 Å². The van der Waals surface area contributed by atoms with Crippen molar-refractivity contribution >= 4 is 29.3 Å². The summed E-state index contributed by atoms with van der Waals surface area (Å²) in [4.78, 5) is 13.1. The maximum Gasteiger partial charge on any atom is 0.220 e. The van der Waals surface area contributed by atoms with Crippen LogP contribution in [-0.2, 0) is 11.3 Å². The highest BCUT2D eigenvalue weighted by Gasteiger charge is 2.04. The van der Waals surface area contributed by atoms with Gasteiger partial charge in [0.15, 0.2) is 0 Å². The first-order chi connectivity index (χ1) is 12.0. The van der Waals surface area contributed by atoms with Gasteiger partial charge in [-0.05, 0) is 68.0 Å². The van der Waals surface area contributed by atoms with Crippen LogP contribution in [0.3, 0.4) is 0 Å². The summed E-state index contributed by atoms with van der Waals surface area (Å²) in [6.07, 6.45) is 1.52. The summed E-state index contributed by atoms with van der Waals surface area (Å²) < 4.78 is 5.67. The molecule has 0 aliphatic heterocycles. The second kappa shape index (κ2) is 10.4. The molecule has 1 N–H and O–H groups in total. The lowest BCUT2D eigenvalue weighted by Gasteiger charge is -2.11. The maximum absolute atomic E-state index is 12.0. The van der Waals surface area contributed by atoms with Gasteiger partial charge >= 0.3 is 0 Å². The Bertz CT molecular complexity index is 674. The fraction of sp³-hybridized carbons (Fsp3) is 0.350. The van der Waals surface area contributed by atoms with E-state index in [4.69, 9.17) is 16.3 Å². The molecule has 5 heteroatoms. The van der Waals surface area contributed by atoms with Gasteiger partial charge in [0, 0.05) is 22.9 Å². The van der Waals surface area contributed by atoms with Gasteiger partial charge in [-0.3, -0.25) is 4.79 Å². The van der Waals surface area contributed by atoms with Crippen molar-refractivity contribution in [2.45, 2.75) is 44.2 Å². The first-order valence-corrected chi connectivity index (χ1v) is 9.80. The zero-order valence-electron chi connectivity index (χ0n) is 14.6. The van der Waals surface area contributed by atoms with Crippen molar-refractivity contribution in [3.63, 3.8) is 0 Å². The quantitative estimate of drug-likeness (QED) is 0.475. The van der Waals surface area contributed by atoms with Crippen LogP contribution in [0.25, 0.3) is 0 Å². The molecular weight excluding hydrogens is 354 g/mol. The van der Waals surface area contributed by atoms with Crippen LogP contribution in [0.15, 0.2) is 53.4 Å². The zero-order valence-corrected chi connectivity index (χ0v) is 16.2. The predicted molar refractivity (Wildman–Crippen MR) is 105 cm³/mol. The van der Waals surface area contributed by atoms with Gasteiger partial charge in [0.1, 0.15) is 5.75 Å². The molecule has 0 atom stereocenters. The minimum absolute atomic E-state index is 0.0758. The van der Waals surface area contributed by atoms with E-state index >= 15 is 0 Å². The third-order valence-electron chi connectivity index (χ3n) is 3.39. The summed E-state index contributed by atoms with van der Waals surface area (Å²) >= 11 is 7.60. The van der Waals surface area contributed by atoms with Crippen molar-refractivity contribution in [1.82, 2.24) is 5.32 Å². The van der Waals surface area contributed by atoms with E-state index in [1.54, 1.807) is 11.8 Å². The van der Waals surface area contributed by atoms with Gasteiger partial charge in [-0.1, -0.05) is 23.7 Å². The van der Waals surface area contributed by atoms with Gasteiger partial charge in [-0.25, -0.2) is 0 Å². The Morgan fingerprint density at radius 1 is 1.20 bits per heavy atom. The van der Waals surface area contributed by atoms with Crippen molar-refractivity contribution in [3.05, 3.63) is 59.1 Å². The fourth-order valence-electron chi connectivity index (χ4n) is 2.24. The fourth-order valence-corrected chi connectivity index (χ4v) is 3.22. The van der Waals surface area contributed by atoms with Crippen molar-refractivity contribution in [2.24, 2.45) is 0 Å². The number of hydrogen-bond acceptors (Lipinski definition) is 3. The number of hydrogen-bond donors (Lipinski definition) is 1. The molecule has 2 rings (SSSR count). The summed E-state index contributed by atoms with van der Waals surface area (Å²) in [7, 11) is 0. The Balaban J connectivity index is 1.66. The van der Waals surface area contributed by atoms with E-state index in [-0.39, 0.29) is 12.0 Å². The summed E-state index contributed by atoms with van der Waals surface area (Å²) in [5, 5.41) is 3.71. The standard InChI is InChI=1S/C20H24ClNO2S/c1-15(2)24-18-6-3-5-16(13-18)14-22-20(23)7-4-12-25-19-10-8-17(21)9-11-19/h3,5-6,8-11,13,15H,4,7,12,14H2,1-2H3,(H,22,23). The minimum Gasteiger partial charge on any atom is -0.491 e. The lowest BCUT2D eigenvalue weighted by Crippen LogP contribution is -2.22. The van der Waals surface area contributed by atoms with E-state index < -0.39 is 0 Å². The summed E-state index contributed by atoms with van der Waals surface area (Å²) in [5.41, 5.74) is 1.04. The lowest BCUT2D eigenvalue weighted by molar-refractivity contribution is -0.121. The van der Waals surface area contributed by atoms with Crippen LogP contribution in [0.4, 0.5) is 0 Å². The normalized spacial score (nSPS) is 10.7. The molecule has 0 unspecified atom stereocenters. The number of halogens is 1. The van der Waals surface area contributed by atoms with Crippen LogP contribution >= 0.6 is 23.4 Å². The van der Waals surface area contributed by atoms with Gasteiger partial charge in [0.2, 0.25) is 5.91 Å². The third-order valence-corrected chi connectivity index (χ3v) is 4.74. The van der Waals surface area contributed by atoms with E-state index in [1.165, 1.54) is 4.90 Å². The minimum atomic E-state index is 0.0758. The first-order valence-electron chi connectivity index (χ1n) is 8.43. The molecule has 0 radical (unpaired) electrons. The molecule has 0 aromatic heterocycles. The molecule has 0 fully saturated rings. The Hall–Kier alpha value is -1.65. The molecule has 0 bridgehead atoms. The average molecular weight is 378 g/mol. The van der Waals surface area contributed by atoms with Crippen LogP contribution in [-0.4, -0.2) is 17.8 Å². The number of ether oxygens (including phenoxy) is 1. The van der Waals surface area contributed by atoms with E-state index in [2.05, 4.69) is 5.32 Å². The summed E-state index contributed by atoms with van der Waals surface area (Å²) in [6.45, 7) is 4.52. The van der Waals surface area contributed by atoms with E-state index in [1.807, 2.05) is 62.4 Å². The van der Waals surface area contributed by atoms with Crippen LogP contribution < -0.4 is 10.1 Å². The van der Waals surface area contributed by atoms with E-state index in [0.717, 1.165) is 28.5 Å². The van der Waals surface area contributed by atoms with Gasteiger partial charge in [0.05, 0.1) is 6.10 Å². The van der Waals surface area contributed by atoms with Gasteiger partial charge in [-0.15, -0.1) is 11.8 Å². The smallest absolute Gasteiger partial charge is 0.220 e. The van der Waals surface area contributed by atoms with E-state index in [0.29, 0.717) is 13.0 Å². The number of thioether (sulfide) groups is 1. The number of rotatable bonds is 9. The Morgan fingerprint density at radius 2 is 1.96 bits per heavy atom. The highest BCUT2D eigenvalue weighted by atomic mass is 35.5. The summed E-state index contributed by atoms with van der Waals surface area (Å²) in [6, 6.07) is 15.6. The molecule has 0 heterocycles. The highest BCUT2D eigenvalue weighted by molar-refractivity contribution is 7.99. The summed E-state index contributed by atoms with van der Waals surface area (Å²) in [5.74, 6) is 1.82. The van der Waals surface area contributed by atoms with Crippen LogP contribution in [0, 0.1) is 0 Å². The molecule has 0 saturated heterocycles. The second-order valence-corrected chi connectivity index (χ2v) is 7.60. The highest BCUT2D eigenvalue weighted by Crippen LogP contribution is 2.21. The Kier molecular flexibility index (Phi) is 8.16. The monoisotopic (exact) mass is 377 g/mol. The number of carbonyl (C=O) groups is 1. The Labute approximate surface area is 159 Å². The molecule has 0 saturated carbocycles. The molecule has 0 aliphatic rings. The maximum atomic E-state index is 12.0. The van der Waals surface area contributed by atoms with Crippen molar-refractivity contribution in [1.29, 1.82) is 0 Å². The van der Waals surface area contributed by atoms with Gasteiger partial charge < -0.3 is 10.1 Å². The lowest BCUT2D eigenvalue weighted by atomic mass is 10.2. The van der Waals surface area contributed by atoms with Crippen LogP contribution in [0.5, 0.6) is 5.75 Å². The third kappa shape index (κ3) is 7.84. The molecule has 0 aliphatic carbocycles. The molecular formula is C20H24ClNO2S. The Morgan fingerprint density at radius 3 is 2.68 bits per heavy atom. The van der Waals surface area contributed by atoms with E-state index in [9.17, 15) is 4.79 Å². The van der Waals surface area contributed by atoms with Crippen molar-refractivity contribution < 1.29 is 9.53 Å². The predicted octanol–water partition coefficient (Wildman–Crippen LogP) is 5.32. The average Bonchev–Trinajstić information content (AvgIpc) is 2.58. The van der Waals surface area contributed by atoms with Crippen molar-refractivity contribution in [3.8, 4) is 5.75 Å². The molecule has 0 spiro atoms. The zero-order chi connectivity index (χ0) is 18.1. The molecule has 2 aromatic carbocycles. The first kappa shape index (κ1) is 19.7. The number of benzene rings is 2. The van der Waals surface area contributed by atoms with Crippen molar-refractivity contribution in [2.75, 3.05) is 5.75 Å². The van der Waals surface area contributed by atoms with Gasteiger partial charge in [0.25, 0.3) is 0 Å². The SMILES string of the molecule is CC(C)Oc1cccc(CNC(=O)CCCSc2ccc(Cl)cc2)c1. The number of carbonyl (C=O) groups excluding carboxylic acids is 1. The molecule has 134 valence electrons. The van der Waals surface area contributed by atoms with Gasteiger partial charge in [-0.2, -0.15) is 0 Å². The molecule has 3 nitrogen and oxygen atoms in total. The largest absolute Gasteiger partial charge is 0.491 e. The van der Waals surface area contributed by atoms with Crippen LogP contribution in [0.2, 0.25) is 5.02 Å². The molecule has 25 heavy (non-hydrogen) atoms. The molecule has 1 amide bonds. The topological polar surface area (TPSA) is 38.3 Å². The molecule has 2 aromatic rings. The second-order valence-electron chi connectivity index (χ2n) is 6.00. The number of nitrogens with one attached hydrogen (secondary N) is 1. The number of amides is 1.